The molecule has 0 N–H and O–H groups in total. The van der Waals surface area contributed by atoms with E-state index in [1.165, 1.54) is 0 Å². The van der Waals surface area contributed by atoms with E-state index < -0.39 is 0 Å². The van der Waals surface area contributed by atoms with Crippen molar-refractivity contribution >= 4 is 37.5 Å². The lowest BCUT2D eigenvalue weighted by atomic mass is 10.5. The average molecular weight is 225 g/mol. The summed E-state index contributed by atoms with van der Waals surface area (Å²) in [6, 6.07) is 1.89. The Labute approximate surface area is 75.1 Å². The second kappa shape index (κ2) is 2.42. The summed E-state index contributed by atoms with van der Waals surface area (Å²) in [6.07, 6.45) is 3.52. The summed E-state index contributed by atoms with van der Waals surface area (Å²) >= 11 is 3.24. The van der Waals surface area contributed by atoms with Crippen LogP contribution in [0.2, 0.25) is 0 Å². The minimum Gasteiger partial charge on any atom is -0.360 e. The fourth-order valence-electron chi connectivity index (χ4n) is 0.888. The Balaban J connectivity index is 2.86. The summed E-state index contributed by atoms with van der Waals surface area (Å²) < 4.78 is 2.50. The quantitative estimate of drug-likeness (QED) is 0.629. The van der Waals surface area contributed by atoms with Gasteiger partial charge in [0.05, 0.1) is 6.20 Å². The number of nitrogens with zero attached hydrogens (tertiary/aromatic N) is 3. The fraction of sp³-hybridized carbons (Fsp3) is 0. The SMILES string of the molecule is [Si]n1ccc2nc(Br)cnc21. The summed E-state index contributed by atoms with van der Waals surface area (Å²) in [4.78, 5) is 8.34. The van der Waals surface area contributed by atoms with E-state index in [-0.39, 0.29) is 0 Å². The predicted octanol–water partition coefficient (Wildman–Crippen LogP) is 1.13. The van der Waals surface area contributed by atoms with Gasteiger partial charge in [0, 0.05) is 0 Å². The molecular weight excluding hydrogens is 222 g/mol. The van der Waals surface area contributed by atoms with Crippen LogP contribution in [-0.2, 0) is 0 Å². The van der Waals surface area contributed by atoms with Gasteiger partial charge in [-0.1, -0.05) is 0 Å². The maximum absolute atomic E-state index is 4.20. The molecule has 2 aromatic rings. The van der Waals surface area contributed by atoms with Gasteiger partial charge in [-0.25, -0.2) is 9.97 Å². The Morgan fingerprint density at radius 3 is 3.18 bits per heavy atom. The fourth-order valence-corrected chi connectivity index (χ4v) is 1.43. The molecule has 0 aliphatic heterocycles. The standard InChI is InChI=1S/C6H3BrN3Si/c7-5-3-8-6-4(9-5)1-2-10(6)11/h1-3H. The zero-order valence-electron chi connectivity index (χ0n) is 5.45. The third kappa shape index (κ3) is 1.10. The summed E-state index contributed by atoms with van der Waals surface area (Å²) in [5.74, 6) is 0. The van der Waals surface area contributed by atoms with E-state index >= 15 is 0 Å². The van der Waals surface area contributed by atoms with Gasteiger partial charge in [0.1, 0.15) is 15.8 Å². The van der Waals surface area contributed by atoms with Crippen LogP contribution in [0, 0.1) is 0 Å². The van der Waals surface area contributed by atoms with Crippen LogP contribution in [0.1, 0.15) is 0 Å². The van der Waals surface area contributed by atoms with Crippen molar-refractivity contribution in [1.82, 2.24) is 14.2 Å². The van der Waals surface area contributed by atoms with Crippen LogP contribution in [0.15, 0.2) is 23.1 Å². The van der Waals surface area contributed by atoms with E-state index in [2.05, 4.69) is 36.3 Å². The summed E-state index contributed by atoms with van der Waals surface area (Å²) in [5, 5.41) is 0. The van der Waals surface area contributed by atoms with Crippen molar-refractivity contribution in [2.45, 2.75) is 0 Å². The van der Waals surface area contributed by atoms with Gasteiger partial charge in [-0.05, 0) is 28.2 Å². The van der Waals surface area contributed by atoms with Crippen molar-refractivity contribution in [2.75, 3.05) is 0 Å². The molecule has 0 spiro atoms. The minimum atomic E-state index is 0.753. The molecule has 0 saturated carbocycles. The van der Waals surface area contributed by atoms with Crippen molar-refractivity contribution in [3.63, 3.8) is 0 Å². The zero-order chi connectivity index (χ0) is 7.84. The highest BCUT2D eigenvalue weighted by molar-refractivity contribution is 9.10. The third-order valence-electron chi connectivity index (χ3n) is 1.36. The molecule has 2 heterocycles. The van der Waals surface area contributed by atoms with Gasteiger partial charge in [0.2, 0.25) is 0 Å². The van der Waals surface area contributed by atoms with Crippen molar-refractivity contribution < 1.29 is 0 Å². The molecule has 3 radical (unpaired) electrons. The molecule has 2 aromatic heterocycles. The van der Waals surface area contributed by atoms with Gasteiger partial charge < -0.3 is 4.23 Å². The highest BCUT2D eigenvalue weighted by Crippen LogP contribution is 2.11. The van der Waals surface area contributed by atoms with Crippen LogP contribution in [0.25, 0.3) is 11.2 Å². The Bertz CT molecular complexity index is 398. The van der Waals surface area contributed by atoms with E-state index in [4.69, 9.17) is 0 Å². The summed E-state index contributed by atoms with van der Waals surface area (Å²) in [7, 11) is 3.34. The second-order valence-corrected chi connectivity index (χ2v) is 3.38. The topological polar surface area (TPSA) is 30.7 Å². The van der Waals surface area contributed by atoms with E-state index in [9.17, 15) is 0 Å². The van der Waals surface area contributed by atoms with Crippen LogP contribution in [0.3, 0.4) is 0 Å². The van der Waals surface area contributed by atoms with Gasteiger partial charge in [0.25, 0.3) is 0 Å². The molecular formula is C6H3BrN3Si. The molecule has 53 valence electrons. The minimum absolute atomic E-state index is 0.753. The normalized spacial score (nSPS) is 10.7. The monoisotopic (exact) mass is 224 g/mol. The lowest BCUT2D eigenvalue weighted by Gasteiger charge is -1.92. The Morgan fingerprint density at radius 1 is 1.55 bits per heavy atom. The maximum Gasteiger partial charge on any atom is 0.197 e. The number of aromatic nitrogens is 3. The highest BCUT2D eigenvalue weighted by Gasteiger charge is 1.99. The van der Waals surface area contributed by atoms with Gasteiger partial charge in [-0.15, -0.1) is 0 Å². The van der Waals surface area contributed by atoms with Crippen LogP contribution in [0.4, 0.5) is 0 Å². The van der Waals surface area contributed by atoms with Crippen LogP contribution >= 0.6 is 15.9 Å². The van der Waals surface area contributed by atoms with Crippen LogP contribution < -0.4 is 0 Å². The van der Waals surface area contributed by atoms with Gasteiger partial charge in [0.15, 0.2) is 10.4 Å². The molecule has 0 aliphatic carbocycles. The predicted molar refractivity (Wildman–Crippen MR) is 46.4 cm³/mol. The van der Waals surface area contributed by atoms with Gasteiger partial charge >= 0.3 is 0 Å². The van der Waals surface area contributed by atoms with E-state index in [0.717, 1.165) is 15.8 Å². The lowest BCUT2D eigenvalue weighted by Crippen LogP contribution is -1.91. The number of hydrogen-bond donors (Lipinski definition) is 0. The van der Waals surface area contributed by atoms with Gasteiger partial charge in [-0.3, -0.25) is 0 Å². The van der Waals surface area contributed by atoms with Crippen molar-refractivity contribution in [3.8, 4) is 0 Å². The molecule has 0 bridgehead atoms. The van der Waals surface area contributed by atoms with Crippen LogP contribution in [0.5, 0.6) is 0 Å². The van der Waals surface area contributed by atoms with E-state index in [1.807, 2.05) is 12.3 Å². The number of rotatable bonds is 0. The van der Waals surface area contributed by atoms with Crippen molar-refractivity contribution in [1.29, 1.82) is 0 Å². The first kappa shape index (κ1) is 6.99. The zero-order valence-corrected chi connectivity index (χ0v) is 8.04. The molecule has 5 heteroatoms. The first-order valence-electron chi connectivity index (χ1n) is 2.98. The summed E-state index contributed by atoms with van der Waals surface area (Å²) in [6.45, 7) is 0. The molecule has 3 nitrogen and oxygen atoms in total. The maximum atomic E-state index is 4.20. The van der Waals surface area contributed by atoms with Crippen LogP contribution in [-0.4, -0.2) is 24.6 Å². The molecule has 2 rings (SSSR count). The second-order valence-electron chi connectivity index (χ2n) is 2.09. The molecule has 0 fully saturated rings. The molecule has 0 aliphatic rings. The largest absolute Gasteiger partial charge is 0.360 e. The molecule has 0 unspecified atom stereocenters. The molecule has 0 amide bonds. The average Bonchev–Trinajstić information content (AvgIpc) is 2.32. The molecule has 0 atom stereocenters. The number of hydrogen-bond acceptors (Lipinski definition) is 2. The van der Waals surface area contributed by atoms with E-state index in [0.29, 0.717) is 0 Å². The van der Waals surface area contributed by atoms with Gasteiger partial charge in [-0.2, -0.15) is 0 Å². The first-order valence-corrected chi connectivity index (χ1v) is 4.22. The number of halogens is 1. The molecule has 0 aromatic carbocycles. The third-order valence-corrected chi connectivity index (χ3v) is 2.10. The summed E-state index contributed by atoms with van der Waals surface area (Å²) in [5.41, 5.74) is 1.69. The van der Waals surface area contributed by atoms with Crippen molar-refractivity contribution in [3.05, 3.63) is 23.1 Å². The highest BCUT2D eigenvalue weighted by atomic mass is 79.9. The van der Waals surface area contributed by atoms with E-state index in [1.54, 1.807) is 10.4 Å². The Morgan fingerprint density at radius 2 is 2.36 bits per heavy atom. The smallest absolute Gasteiger partial charge is 0.197 e. The Kier molecular flexibility index (Phi) is 1.54. The Hall–Kier alpha value is -0.683. The number of fused-ring (bicyclic) bond motifs is 1. The molecule has 11 heavy (non-hydrogen) atoms. The van der Waals surface area contributed by atoms with Crippen molar-refractivity contribution in [2.24, 2.45) is 0 Å². The first-order chi connectivity index (χ1) is 5.27. The lowest BCUT2D eigenvalue weighted by molar-refractivity contribution is 1.19. The molecule has 0 saturated heterocycles.